The van der Waals surface area contributed by atoms with Gasteiger partial charge in [0.15, 0.2) is 0 Å². The molecule has 0 aliphatic rings. The number of esters is 2. The highest BCUT2D eigenvalue weighted by Crippen LogP contribution is 2.16. The van der Waals surface area contributed by atoms with Crippen LogP contribution in [0.1, 0.15) is 60.2 Å². The number of carbonyl (C=O) groups is 2. The average Bonchev–Trinajstić information content (AvgIpc) is 2.57. The molecule has 0 aliphatic carbocycles. The van der Waals surface area contributed by atoms with Crippen molar-refractivity contribution in [2.24, 2.45) is 0 Å². The van der Waals surface area contributed by atoms with Crippen LogP contribution in [0.3, 0.4) is 0 Å². The lowest BCUT2D eigenvalue weighted by Gasteiger charge is -2.16. The van der Waals surface area contributed by atoms with E-state index in [-0.39, 0.29) is 23.3 Å². The van der Waals surface area contributed by atoms with Crippen LogP contribution in [0.4, 0.5) is 0 Å². The van der Waals surface area contributed by atoms with E-state index in [2.05, 4.69) is 13.2 Å². The summed E-state index contributed by atoms with van der Waals surface area (Å²) in [7, 11) is 0. The molecule has 4 heteroatoms. The van der Waals surface area contributed by atoms with Gasteiger partial charge < -0.3 is 9.47 Å². The molecule has 0 heterocycles. The van der Waals surface area contributed by atoms with Crippen LogP contribution < -0.4 is 0 Å². The molecule has 0 spiro atoms. The summed E-state index contributed by atoms with van der Waals surface area (Å²) >= 11 is 0. The highest BCUT2D eigenvalue weighted by Gasteiger charge is 2.21. The molecule has 0 radical (unpaired) electrons. The number of ether oxygens (including phenoxy) is 2. The smallest absolute Gasteiger partial charge is 0.339 e. The van der Waals surface area contributed by atoms with Gasteiger partial charge in [0.05, 0.1) is 23.3 Å². The molecular formula is C20H26O4. The van der Waals surface area contributed by atoms with Gasteiger partial charge in [0.25, 0.3) is 0 Å². The van der Waals surface area contributed by atoms with Gasteiger partial charge in [0.2, 0.25) is 0 Å². The minimum atomic E-state index is -0.516. The van der Waals surface area contributed by atoms with Crippen molar-refractivity contribution in [3.63, 3.8) is 0 Å². The van der Waals surface area contributed by atoms with Crippen LogP contribution in [-0.4, -0.2) is 24.1 Å². The Kier molecular flexibility index (Phi) is 8.55. The Bertz CT molecular complexity index is 526. The Morgan fingerprint density at radius 3 is 1.62 bits per heavy atom. The average molecular weight is 330 g/mol. The number of hydrogen-bond acceptors (Lipinski definition) is 4. The van der Waals surface area contributed by atoms with E-state index in [1.807, 2.05) is 13.8 Å². The minimum Gasteiger partial charge on any atom is -0.459 e. The van der Waals surface area contributed by atoms with E-state index in [9.17, 15) is 9.59 Å². The van der Waals surface area contributed by atoms with Crippen LogP contribution in [0, 0.1) is 0 Å². The van der Waals surface area contributed by atoms with Crippen molar-refractivity contribution in [2.75, 3.05) is 0 Å². The molecule has 4 nitrogen and oxygen atoms in total. The molecule has 1 aromatic rings. The van der Waals surface area contributed by atoms with Gasteiger partial charge in [0.1, 0.15) is 0 Å². The van der Waals surface area contributed by atoms with Crippen LogP contribution in [0.5, 0.6) is 0 Å². The summed E-state index contributed by atoms with van der Waals surface area (Å²) in [4.78, 5) is 24.7. The molecule has 0 N–H and O–H groups in total. The zero-order valence-corrected chi connectivity index (χ0v) is 14.5. The first kappa shape index (κ1) is 19.7. The van der Waals surface area contributed by atoms with Crippen LogP contribution in [-0.2, 0) is 9.47 Å². The monoisotopic (exact) mass is 330 g/mol. The van der Waals surface area contributed by atoms with Crippen molar-refractivity contribution in [2.45, 2.75) is 51.7 Å². The van der Waals surface area contributed by atoms with Gasteiger partial charge in [-0.1, -0.05) is 24.3 Å². The summed E-state index contributed by atoms with van der Waals surface area (Å²) in [5, 5.41) is 0. The summed E-state index contributed by atoms with van der Waals surface area (Å²) in [5.41, 5.74) is 0.452. The van der Waals surface area contributed by atoms with Crippen molar-refractivity contribution >= 4 is 11.9 Å². The molecule has 1 rings (SSSR count). The molecule has 0 fully saturated rings. The third-order valence-corrected chi connectivity index (χ3v) is 3.54. The van der Waals surface area contributed by atoms with Crippen molar-refractivity contribution in [1.29, 1.82) is 0 Å². The molecule has 0 saturated carbocycles. The van der Waals surface area contributed by atoms with Gasteiger partial charge in [0, 0.05) is 0 Å². The molecule has 0 amide bonds. The lowest BCUT2D eigenvalue weighted by Crippen LogP contribution is -2.20. The lowest BCUT2D eigenvalue weighted by atomic mass is 10.1. The van der Waals surface area contributed by atoms with Crippen LogP contribution >= 0.6 is 0 Å². The largest absolute Gasteiger partial charge is 0.459 e. The fraction of sp³-hybridized carbons (Fsp3) is 0.400. The Morgan fingerprint density at radius 1 is 0.917 bits per heavy atom. The van der Waals surface area contributed by atoms with E-state index in [0.29, 0.717) is 12.8 Å². The highest BCUT2D eigenvalue weighted by molar-refractivity contribution is 6.03. The van der Waals surface area contributed by atoms with Gasteiger partial charge in [-0.2, -0.15) is 0 Å². The standard InChI is InChI=1S/C20H26O4/c1-5-7-11-15(3)23-19(21)17-13-9-10-14-18(17)20(22)24-16(4)12-8-6-2/h5-6,9-10,13-16H,1-2,7-8,11-12H2,3-4H3. The number of benzene rings is 1. The Balaban J connectivity index is 2.79. The third-order valence-electron chi connectivity index (χ3n) is 3.54. The van der Waals surface area contributed by atoms with E-state index in [4.69, 9.17) is 9.47 Å². The Morgan fingerprint density at radius 2 is 1.29 bits per heavy atom. The fourth-order valence-electron chi connectivity index (χ4n) is 2.15. The summed E-state index contributed by atoms with van der Waals surface area (Å²) in [5.74, 6) is -1.03. The molecule has 0 aliphatic heterocycles. The topological polar surface area (TPSA) is 52.6 Å². The number of hydrogen-bond donors (Lipinski definition) is 0. The molecule has 2 unspecified atom stereocenters. The quantitative estimate of drug-likeness (QED) is 0.460. The first-order chi connectivity index (χ1) is 11.5. The normalized spacial score (nSPS) is 12.8. The van der Waals surface area contributed by atoms with Gasteiger partial charge in [-0.05, 0) is 51.7 Å². The van der Waals surface area contributed by atoms with E-state index in [1.54, 1.807) is 36.4 Å². The molecule has 1 aromatic carbocycles. The van der Waals surface area contributed by atoms with Crippen LogP contribution in [0.2, 0.25) is 0 Å². The second-order valence-corrected chi connectivity index (χ2v) is 5.71. The van der Waals surface area contributed by atoms with Gasteiger partial charge >= 0.3 is 11.9 Å². The van der Waals surface area contributed by atoms with Crippen molar-refractivity contribution in [1.82, 2.24) is 0 Å². The first-order valence-electron chi connectivity index (χ1n) is 8.22. The maximum absolute atomic E-state index is 12.3. The molecule has 0 aromatic heterocycles. The Hall–Kier alpha value is -2.36. The summed E-state index contributed by atoms with van der Waals surface area (Å²) in [6.45, 7) is 10.9. The second kappa shape index (κ2) is 10.4. The number of carbonyl (C=O) groups excluding carboxylic acids is 2. The molecular weight excluding hydrogens is 304 g/mol. The second-order valence-electron chi connectivity index (χ2n) is 5.71. The lowest BCUT2D eigenvalue weighted by molar-refractivity contribution is 0.0277. The van der Waals surface area contributed by atoms with Gasteiger partial charge in [-0.15, -0.1) is 13.2 Å². The molecule has 0 saturated heterocycles. The minimum absolute atomic E-state index is 0.226. The maximum atomic E-state index is 12.3. The number of rotatable bonds is 10. The van der Waals surface area contributed by atoms with Crippen LogP contribution in [0.15, 0.2) is 49.6 Å². The van der Waals surface area contributed by atoms with E-state index < -0.39 is 11.9 Å². The van der Waals surface area contributed by atoms with Crippen LogP contribution in [0.25, 0.3) is 0 Å². The summed E-state index contributed by atoms with van der Waals surface area (Å²) in [6, 6.07) is 6.55. The van der Waals surface area contributed by atoms with Crippen molar-refractivity contribution in [3.8, 4) is 0 Å². The van der Waals surface area contributed by atoms with E-state index in [0.717, 1.165) is 12.8 Å². The predicted molar refractivity (Wildman–Crippen MR) is 95.1 cm³/mol. The maximum Gasteiger partial charge on any atom is 0.339 e. The summed E-state index contributed by atoms with van der Waals surface area (Å²) < 4.78 is 10.8. The molecule has 2 atom stereocenters. The molecule has 24 heavy (non-hydrogen) atoms. The molecule has 0 bridgehead atoms. The fourth-order valence-corrected chi connectivity index (χ4v) is 2.15. The van der Waals surface area contributed by atoms with E-state index in [1.165, 1.54) is 0 Å². The summed E-state index contributed by atoms with van der Waals surface area (Å²) in [6.07, 6.45) is 5.98. The zero-order valence-electron chi connectivity index (χ0n) is 14.5. The van der Waals surface area contributed by atoms with Crippen molar-refractivity contribution in [3.05, 3.63) is 60.7 Å². The zero-order chi connectivity index (χ0) is 17.9. The van der Waals surface area contributed by atoms with Gasteiger partial charge in [-0.3, -0.25) is 0 Å². The number of allylic oxidation sites excluding steroid dienone is 2. The SMILES string of the molecule is C=CCCC(C)OC(=O)c1ccccc1C(=O)OC(C)CCC=C. The van der Waals surface area contributed by atoms with Gasteiger partial charge in [-0.25, -0.2) is 9.59 Å². The molecule has 130 valence electrons. The third kappa shape index (κ3) is 6.41. The van der Waals surface area contributed by atoms with Crippen molar-refractivity contribution < 1.29 is 19.1 Å². The van der Waals surface area contributed by atoms with E-state index >= 15 is 0 Å². The Labute approximate surface area is 144 Å². The predicted octanol–water partition coefficient (Wildman–Crippen LogP) is 4.71. The first-order valence-corrected chi connectivity index (χ1v) is 8.22. The highest BCUT2D eigenvalue weighted by atomic mass is 16.5.